The molecule has 0 unspecified atom stereocenters. The van der Waals surface area contributed by atoms with Crippen LogP contribution in [-0.4, -0.2) is 39.9 Å². The van der Waals surface area contributed by atoms with E-state index in [0.717, 1.165) is 16.1 Å². The Labute approximate surface area is 172 Å². The van der Waals surface area contributed by atoms with Gasteiger partial charge in [-0.2, -0.15) is 5.10 Å². The van der Waals surface area contributed by atoms with Gasteiger partial charge in [-0.1, -0.05) is 38.1 Å². The molecule has 1 amide bonds. The van der Waals surface area contributed by atoms with Gasteiger partial charge in [-0.15, -0.1) is 0 Å². The summed E-state index contributed by atoms with van der Waals surface area (Å²) in [6.07, 6.45) is 2.57. The SMILES string of the molecule is CCOc1ccc(N(CC(=O)N/N=C\c2ccc(C(C)C)cc2)S(C)(=O)=O)cc1. The summed E-state index contributed by atoms with van der Waals surface area (Å²) in [7, 11) is -3.65. The Hall–Kier alpha value is -2.87. The van der Waals surface area contributed by atoms with Crippen molar-refractivity contribution in [2.75, 3.05) is 23.7 Å². The van der Waals surface area contributed by atoms with Gasteiger partial charge in [-0.3, -0.25) is 9.10 Å². The third kappa shape index (κ3) is 6.90. The second-order valence-corrected chi connectivity index (χ2v) is 8.72. The van der Waals surface area contributed by atoms with E-state index < -0.39 is 15.9 Å². The molecule has 1 N–H and O–H groups in total. The monoisotopic (exact) mass is 417 g/mol. The van der Waals surface area contributed by atoms with Crippen molar-refractivity contribution in [1.29, 1.82) is 0 Å². The van der Waals surface area contributed by atoms with Gasteiger partial charge in [0.1, 0.15) is 12.3 Å². The third-order valence-corrected chi connectivity index (χ3v) is 5.27. The van der Waals surface area contributed by atoms with E-state index in [-0.39, 0.29) is 6.54 Å². The summed E-state index contributed by atoms with van der Waals surface area (Å²) in [6.45, 7) is 6.22. The largest absolute Gasteiger partial charge is 0.494 e. The topological polar surface area (TPSA) is 88.1 Å². The summed E-state index contributed by atoms with van der Waals surface area (Å²) in [5, 5.41) is 3.92. The molecule has 0 radical (unpaired) electrons. The van der Waals surface area contributed by atoms with Crippen molar-refractivity contribution >= 4 is 27.8 Å². The summed E-state index contributed by atoms with van der Waals surface area (Å²) in [5.41, 5.74) is 4.79. The van der Waals surface area contributed by atoms with Crippen molar-refractivity contribution in [3.63, 3.8) is 0 Å². The van der Waals surface area contributed by atoms with Gasteiger partial charge in [0.15, 0.2) is 0 Å². The highest BCUT2D eigenvalue weighted by Crippen LogP contribution is 2.21. The van der Waals surface area contributed by atoms with Crippen LogP contribution in [0.3, 0.4) is 0 Å². The van der Waals surface area contributed by atoms with E-state index in [9.17, 15) is 13.2 Å². The Morgan fingerprint density at radius 2 is 1.76 bits per heavy atom. The first-order valence-electron chi connectivity index (χ1n) is 9.33. The van der Waals surface area contributed by atoms with Crippen molar-refractivity contribution in [3.05, 3.63) is 59.7 Å². The summed E-state index contributed by atoms with van der Waals surface area (Å²) in [5.74, 6) is 0.520. The lowest BCUT2D eigenvalue weighted by Crippen LogP contribution is -2.39. The van der Waals surface area contributed by atoms with Crippen LogP contribution in [-0.2, 0) is 14.8 Å². The molecule has 156 valence electrons. The van der Waals surface area contributed by atoms with Crippen molar-refractivity contribution in [3.8, 4) is 5.75 Å². The Kier molecular flexibility index (Phi) is 7.78. The molecule has 0 aliphatic carbocycles. The van der Waals surface area contributed by atoms with E-state index in [1.54, 1.807) is 24.3 Å². The van der Waals surface area contributed by atoms with E-state index in [1.807, 2.05) is 31.2 Å². The number of carbonyl (C=O) groups is 1. The molecule has 0 heterocycles. The van der Waals surface area contributed by atoms with Crippen molar-refractivity contribution < 1.29 is 17.9 Å². The lowest BCUT2D eigenvalue weighted by atomic mass is 10.0. The number of hydrazone groups is 1. The Morgan fingerprint density at radius 3 is 2.28 bits per heavy atom. The van der Waals surface area contributed by atoms with Crippen molar-refractivity contribution in [2.45, 2.75) is 26.7 Å². The molecule has 29 heavy (non-hydrogen) atoms. The van der Waals surface area contributed by atoms with Gasteiger partial charge in [-0.05, 0) is 48.2 Å². The van der Waals surface area contributed by atoms with Crippen LogP contribution >= 0.6 is 0 Å². The van der Waals surface area contributed by atoms with Crippen molar-refractivity contribution in [2.24, 2.45) is 5.10 Å². The molecule has 2 aromatic carbocycles. The average Bonchev–Trinajstić information content (AvgIpc) is 2.67. The number of anilines is 1. The molecule has 0 aromatic heterocycles. The van der Waals surface area contributed by atoms with E-state index in [0.29, 0.717) is 24.0 Å². The number of amides is 1. The highest BCUT2D eigenvalue weighted by molar-refractivity contribution is 7.92. The molecule has 8 heteroatoms. The molecule has 0 spiro atoms. The minimum absolute atomic E-state index is 0.374. The van der Waals surface area contributed by atoms with Crippen LogP contribution in [0.2, 0.25) is 0 Å². The van der Waals surface area contributed by atoms with Gasteiger partial charge in [0, 0.05) is 0 Å². The van der Waals surface area contributed by atoms with Crippen LogP contribution < -0.4 is 14.5 Å². The van der Waals surface area contributed by atoms with E-state index in [2.05, 4.69) is 24.4 Å². The first-order valence-corrected chi connectivity index (χ1v) is 11.2. The Balaban J connectivity index is 2.02. The second kappa shape index (κ2) is 10.1. The van der Waals surface area contributed by atoms with Crippen LogP contribution in [0.1, 0.15) is 37.8 Å². The van der Waals surface area contributed by atoms with Gasteiger partial charge in [-0.25, -0.2) is 13.8 Å². The molecule has 7 nitrogen and oxygen atoms in total. The first kappa shape index (κ1) is 22.4. The molecule has 0 fully saturated rings. The normalized spacial score (nSPS) is 11.6. The van der Waals surface area contributed by atoms with E-state index in [4.69, 9.17) is 4.74 Å². The standard InChI is InChI=1S/C21H27N3O4S/c1-5-28-20-12-10-19(11-13-20)24(29(4,26)27)15-21(25)23-22-14-17-6-8-18(9-7-17)16(2)3/h6-14,16H,5,15H2,1-4H3,(H,23,25)/b22-14-. The number of benzene rings is 2. The van der Waals surface area contributed by atoms with Crippen LogP contribution in [0.5, 0.6) is 5.75 Å². The van der Waals surface area contributed by atoms with Gasteiger partial charge in [0.05, 0.1) is 24.8 Å². The van der Waals surface area contributed by atoms with Crippen molar-refractivity contribution in [1.82, 2.24) is 5.43 Å². The molecule has 0 aliphatic heterocycles. The lowest BCUT2D eigenvalue weighted by Gasteiger charge is -2.21. The minimum Gasteiger partial charge on any atom is -0.494 e. The number of nitrogens with zero attached hydrogens (tertiary/aromatic N) is 2. The van der Waals surface area contributed by atoms with E-state index >= 15 is 0 Å². The molecule has 0 atom stereocenters. The third-order valence-electron chi connectivity index (χ3n) is 4.13. The Bertz CT molecular complexity index is 937. The van der Waals surface area contributed by atoms with E-state index in [1.165, 1.54) is 11.8 Å². The van der Waals surface area contributed by atoms with Gasteiger partial charge < -0.3 is 4.74 Å². The number of hydrogen-bond acceptors (Lipinski definition) is 5. The number of carbonyl (C=O) groups excluding carboxylic acids is 1. The van der Waals surface area contributed by atoms with Crippen LogP contribution in [0, 0.1) is 0 Å². The molecular formula is C21H27N3O4S. The molecule has 2 rings (SSSR count). The molecule has 0 saturated heterocycles. The maximum absolute atomic E-state index is 12.2. The van der Waals surface area contributed by atoms with Crippen LogP contribution in [0.25, 0.3) is 0 Å². The highest BCUT2D eigenvalue weighted by atomic mass is 32.2. The maximum Gasteiger partial charge on any atom is 0.260 e. The lowest BCUT2D eigenvalue weighted by molar-refractivity contribution is -0.119. The number of rotatable bonds is 9. The molecular weight excluding hydrogens is 390 g/mol. The Morgan fingerprint density at radius 1 is 1.14 bits per heavy atom. The summed E-state index contributed by atoms with van der Waals surface area (Å²) < 4.78 is 30.6. The second-order valence-electron chi connectivity index (χ2n) is 6.81. The summed E-state index contributed by atoms with van der Waals surface area (Å²) in [4.78, 5) is 12.2. The number of sulfonamides is 1. The first-order chi connectivity index (χ1) is 13.7. The fourth-order valence-electron chi connectivity index (χ4n) is 2.59. The highest BCUT2D eigenvalue weighted by Gasteiger charge is 2.20. The zero-order chi connectivity index (χ0) is 21.4. The number of nitrogens with one attached hydrogen (secondary N) is 1. The molecule has 0 saturated carbocycles. The fourth-order valence-corrected chi connectivity index (χ4v) is 3.44. The predicted octanol–water partition coefficient (Wildman–Crippen LogP) is 3.13. The maximum atomic E-state index is 12.2. The quantitative estimate of drug-likeness (QED) is 0.502. The summed E-state index contributed by atoms with van der Waals surface area (Å²) in [6, 6.07) is 14.3. The smallest absolute Gasteiger partial charge is 0.260 e. The van der Waals surface area contributed by atoms with Gasteiger partial charge in [0.25, 0.3) is 5.91 Å². The fraction of sp³-hybridized carbons (Fsp3) is 0.333. The number of ether oxygens (including phenoxy) is 1. The van der Waals surface area contributed by atoms with Crippen LogP contribution in [0.15, 0.2) is 53.6 Å². The molecule has 0 bridgehead atoms. The van der Waals surface area contributed by atoms with Gasteiger partial charge >= 0.3 is 0 Å². The van der Waals surface area contributed by atoms with Crippen LogP contribution in [0.4, 0.5) is 5.69 Å². The minimum atomic E-state index is -3.65. The zero-order valence-corrected chi connectivity index (χ0v) is 17.9. The number of hydrogen-bond donors (Lipinski definition) is 1. The van der Waals surface area contributed by atoms with Gasteiger partial charge in [0.2, 0.25) is 10.0 Å². The summed E-state index contributed by atoms with van der Waals surface area (Å²) >= 11 is 0. The average molecular weight is 418 g/mol. The molecule has 0 aliphatic rings. The molecule has 2 aromatic rings. The predicted molar refractivity (Wildman–Crippen MR) is 116 cm³/mol. The zero-order valence-electron chi connectivity index (χ0n) is 17.1.